The molecule has 0 saturated carbocycles. The molecule has 0 aliphatic carbocycles. The third-order valence-corrected chi connectivity index (χ3v) is 2.41. The molecule has 0 amide bonds. The van der Waals surface area contributed by atoms with E-state index in [1.165, 1.54) is 12.0 Å². The summed E-state index contributed by atoms with van der Waals surface area (Å²) in [5, 5.41) is 8.65. The molecule has 0 bridgehead atoms. The summed E-state index contributed by atoms with van der Waals surface area (Å²) in [4.78, 5) is 0. The Morgan fingerprint density at radius 1 is 1.15 bits per heavy atom. The average Bonchev–Trinajstić information content (AvgIpc) is 2.19. The summed E-state index contributed by atoms with van der Waals surface area (Å²) in [6.45, 7) is 2.56. The molecule has 1 heteroatoms. The number of unbranched alkanes of at least 4 members (excludes halogenated alkanes) is 1. The Labute approximate surface area is 80.4 Å². The molecule has 1 nitrogen and oxygen atoms in total. The van der Waals surface area contributed by atoms with E-state index in [1.54, 1.807) is 0 Å². The number of hydrogen-bond donors (Lipinski definition) is 1. The Morgan fingerprint density at radius 2 is 1.85 bits per heavy atom. The van der Waals surface area contributed by atoms with Gasteiger partial charge in [-0.3, -0.25) is 0 Å². The predicted octanol–water partition coefficient (Wildman–Crippen LogP) is 2.95. The van der Waals surface area contributed by atoms with Crippen molar-refractivity contribution in [1.29, 1.82) is 0 Å². The molecule has 0 aliphatic heterocycles. The first-order valence-corrected chi connectivity index (χ1v) is 5.00. The van der Waals surface area contributed by atoms with E-state index >= 15 is 0 Å². The van der Waals surface area contributed by atoms with Gasteiger partial charge < -0.3 is 5.11 Å². The molecule has 1 unspecified atom stereocenters. The first kappa shape index (κ1) is 10.3. The summed E-state index contributed by atoms with van der Waals surface area (Å²) in [6, 6.07) is 10.5. The van der Waals surface area contributed by atoms with Crippen LogP contribution in [0.1, 0.15) is 37.7 Å². The highest BCUT2D eigenvalue weighted by atomic mass is 16.2. The van der Waals surface area contributed by atoms with E-state index in [9.17, 15) is 0 Å². The molecule has 0 heterocycles. The number of benzene rings is 1. The lowest BCUT2D eigenvalue weighted by Crippen LogP contribution is -1.94. The van der Waals surface area contributed by atoms with Crippen LogP contribution in [0.4, 0.5) is 0 Å². The molecule has 0 fully saturated rings. The molecule has 1 aromatic rings. The summed E-state index contributed by atoms with van der Waals surface area (Å²) in [5.74, 6) is 0.618. The van der Waals surface area contributed by atoms with Crippen LogP contribution in [0.25, 0.3) is 0 Å². The maximum Gasteiger partial charge on any atom is 0.0431 e. The van der Waals surface area contributed by atoms with E-state index in [1.807, 2.05) is 6.07 Å². The van der Waals surface area contributed by atoms with Gasteiger partial charge in [-0.2, -0.15) is 0 Å². The molecular weight excluding hydrogens is 160 g/mol. The van der Waals surface area contributed by atoms with Crippen LogP contribution in [0.2, 0.25) is 0 Å². The maximum absolute atomic E-state index is 8.65. The van der Waals surface area contributed by atoms with E-state index in [4.69, 9.17) is 5.11 Å². The normalized spacial score (nSPS) is 12.8. The smallest absolute Gasteiger partial charge is 0.0431 e. The summed E-state index contributed by atoms with van der Waals surface area (Å²) in [6.07, 6.45) is 3.22. The van der Waals surface area contributed by atoms with Crippen LogP contribution >= 0.6 is 0 Å². The molecule has 0 saturated heterocycles. The van der Waals surface area contributed by atoms with Gasteiger partial charge in [-0.25, -0.2) is 0 Å². The molecule has 1 atom stereocenters. The highest BCUT2D eigenvalue weighted by Crippen LogP contribution is 2.20. The summed E-state index contributed by atoms with van der Waals surface area (Å²) in [5.41, 5.74) is 1.40. The van der Waals surface area contributed by atoms with Crippen molar-refractivity contribution in [3.8, 4) is 0 Å². The topological polar surface area (TPSA) is 20.2 Å². The van der Waals surface area contributed by atoms with E-state index in [0.717, 1.165) is 12.8 Å². The Morgan fingerprint density at radius 3 is 2.46 bits per heavy atom. The van der Waals surface area contributed by atoms with Gasteiger partial charge in [-0.05, 0) is 24.3 Å². The van der Waals surface area contributed by atoms with Crippen molar-refractivity contribution < 1.29 is 5.11 Å². The zero-order valence-electron chi connectivity index (χ0n) is 8.24. The average molecular weight is 178 g/mol. The van der Waals surface area contributed by atoms with Crippen LogP contribution in [0.3, 0.4) is 0 Å². The van der Waals surface area contributed by atoms with E-state index < -0.39 is 0 Å². The predicted molar refractivity (Wildman–Crippen MR) is 55.8 cm³/mol. The molecule has 1 aromatic carbocycles. The fourth-order valence-electron chi connectivity index (χ4n) is 1.51. The molecule has 13 heavy (non-hydrogen) atoms. The van der Waals surface area contributed by atoms with Crippen molar-refractivity contribution >= 4 is 0 Å². The number of hydrogen-bond acceptors (Lipinski definition) is 1. The number of aliphatic hydroxyl groups excluding tert-OH is 1. The van der Waals surface area contributed by atoms with Gasteiger partial charge >= 0.3 is 0 Å². The molecule has 0 radical (unpaired) electrons. The second kappa shape index (κ2) is 5.76. The van der Waals surface area contributed by atoms with Crippen LogP contribution in [0, 0.1) is 0 Å². The lowest BCUT2D eigenvalue weighted by molar-refractivity contribution is 0.281. The third-order valence-electron chi connectivity index (χ3n) is 2.41. The highest BCUT2D eigenvalue weighted by molar-refractivity contribution is 5.18. The fraction of sp³-hybridized carbons (Fsp3) is 0.500. The molecule has 72 valence electrons. The van der Waals surface area contributed by atoms with Gasteiger partial charge in [0.1, 0.15) is 0 Å². The van der Waals surface area contributed by atoms with E-state index in [0.29, 0.717) is 12.5 Å². The molecule has 0 aromatic heterocycles. The molecule has 0 aliphatic rings. The zero-order chi connectivity index (χ0) is 9.52. The van der Waals surface area contributed by atoms with Crippen molar-refractivity contribution in [2.24, 2.45) is 0 Å². The van der Waals surface area contributed by atoms with Gasteiger partial charge in [-0.15, -0.1) is 0 Å². The fourth-order valence-corrected chi connectivity index (χ4v) is 1.51. The molecular formula is C12H18O. The lowest BCUT2D eigenvalue weighted by atomic mass is 9.96. The minimum atomic E-state index is 0.321. The van der Waals surface area contributed by atoms with Crippen LogP contribution in [-0.2, 0) is 0 Å². The standard InChI is InChI=1S/C12H18O/c1-11(7-5-6-10-13)12-8-3-2-4-9-12/h2-4,8-9,11,13H,5-7,10H2,1H3. The maximum atomic E-state index is 8.65. The van der Waals surface area contributed by atoms with Gasteiger partial charge in [0.05, 0.1) is 0 Å². The van der Waals surface area contributed by atoms with Crippen molar-refractivity contribution in [3.05, 3.63) is 35.9 Å². The van der Waals surface area contributed by atoms with Crippen LogP contribution in [0.15, 0.2) is 30.3 Å². The van der Waals surface area contributed by atoms with Gasteiger partial charge in [0.15, 0.2) is 0 Å². The van der Waals surface area contributed by atoms with Crippen molar-refractivity contribution in [2.75, 3.05) is 6.61 Å². The Kier molecular flexibility index (Phi) is 4.55. The minimum Gasteiger partial charge on any atom is -0.396 e. The Balaban J connectivity index is 2.35. The zero-order valence-corrected chi connectivity index (χ0v) is 8.24. The first-order valence-electron chi connectivity index (χ1n) is 5.00. The SMILES string of the molecule is CC(CCCCO)c1ccccc1. The summed E-state index contributed by atoms with van der Waals surface area (Å²) >= 11 is 0. The quantitative estimate of drug-likeness (QED) is 0.687. The van der Waals surface area contributed by atoms with E-state index in [-0.39, 0.29) is 0 Å². The number of rotatable bonds is 5. The number of aliphatic hydroxyl groups is 1. The van der Waals surface area contributed by atoms with Crippen LogP contribution < -0.4 is 0 Å². The van der Waals surface area contributed by atoms with Crippen molar-refractivity contribution in [2.45, 2.75) is 32.1 Å². The second-order valence-electron chi connectivity index (χ2n) is 3.53. The van der Waals surface area contributed by atoms with Crippen molar-refractivity contribution in [1.82, 2.24) is 0 Å². The molecule has 0 spiro atoms. The van der Waals surface area contributed by atoms with E-state index in [2.05, 4.69) is 31.2 Å². The monoisotopic (exact) mass is 178 g/mol. The van der Waals surface area contributed by atoms with Crippen LogP contribution in [-0.4, -0.2) is 11.7 Å². The molecule has 1 N–H and O–H groups in total. The first-order chi connectivity index (χ1) is 6.34. The third kappa shape index (κ3) is 3.60. The largest absolute Gasteiger partial charge is 0.396 e. The van der Waals surface area contributed by atoms with Gasteiger partial charge in [-0.1, -0.05) is 43.7 Å². The summed E-state index contributed by atoms with van der Waals surface area (Å²) < 4.78 is 0. The Bertz CT molecular complexity index is 218. The minimum absolute atomic E-state index is 0.321. The van der Waals surface area contributed by atoms with Crippen LogP contribution in [0.5, 0.6) is 0 Å². The lowest BCUT2D eigenvalue weighted by Gasteiger charge is -2.10. The van der Waals surface area contributed by atoms with Gasteiger partial charge in [0.2, 0.25) is 0 Å². The van der Waals surface area contributed by atoms with Crippen molar-refractivity contribution in [3.63, 3.8) is 0 Å². The van der Waals surface area contributed by atoms with Gasteiger partial charge in [0.25, 0.3) is 0 Å². The van der Waals surface area contributed by atoms with Gasteiger partial charge in [0, 0.05) is 6.61 Å². The summed E-state index contributed by atoms with van der Waals surface area (Å²) in [7, 11) is 0. The highest BCUT2D eigenvalue weighted by Gasteiger charge is 2.03. The second-order valence-corrected chi connectivity index (χ2v) is 3.53. The Hall–Kier alpha value is -0.820. The molecule has 1 rings (SSSR count).